The Hall–Kier alpha value is -2.38. The smallest absolute Gasteiger partial charge is 0.264 e. The summed E-state index contributed by atoms with van der Waals surface area (Å²) in [5, 5.41) is 2.73. The molecular formula is C18H23N3O3S. The van der Waals surface area contributed by atoms with Crippen molar-refractivity contribution in [3.05, 3.63) is 60.2 Å². The van der Waals surface area contributed by atoms with Crippen LogP contribution in [0.5, 0.6) is 0 Å². The molecule has 6 nitrogen and oxygen atoms in total. The van der Waals surface area contributed by atoms with Crippen LogP contribution in [0.25, 0.3) is 0 Å². The van der Waals surface area contributed by atoms with Crippen LogP contribution in [0.1, 0.15) is 24.2 Å². The van der Waals surface area contributed by atoms with Gasteiger partial charge in [-0.15, -0.1) is 0 Å². The van der Waals surface area contributed by atoms with Gasteiger partial charge in [-0.3, -0.25) is 9.10 Å². The van der Waals surface area contributed by atoms with Crippen molar-refractivity contribution in [2.24, 2.45) is 5.73 Å². The SMILES string of the molecule is CCN(c1ccccc1)S(=O)(=O)c1cccc(C(=O)N[C@@H](C)CN)c1. The molecule has 0 heterocycles. The molecule has 0 unspecified atom stereocenters. The molecule has 0 aliphatic carbocycles. The number of rotatable bonds is 7. The summed E-state index contributed by atoms with van der Waals surface area (Å²) < 4.78 is 27.3. The molecule has 2 aromatic rings. The summed E-state index contributed by atoms with van der Waals surface area (Å²) in [4.78, 5) is 12.3. The average Bonchev–Trinajstić information content (AvgIpc) is 2.63. The first kappa shape index (κ1) is 19.0. The van der Waals surface area contributed by atoms with Gasteiger partial charge in [0, 0.05) is 24.7 Å². The number of para-hydroxylation sites is 1. The quantitative estimate of drug-likeness (QED) is 0.789. The van der Waals surface area contributed by atoms with Crippen LogP contribution in [-0.4, -0.2) is 33.5 Å². The molecule has 25 heavy (non-hydrogen) atoms. The minimum atomic E-state index is -3.77. The number of amides is 1. The molecule has 1 amide bonds. The van der Waals surface area contributed by atoms with E-state index in [2.05, 4.69) is 5.32 Å². The second kappa shape index (κ2) is 8.13. The summed E-state index contributed by atoms with van der Waals surface area (Å²) in [5.41, 5.74) is 6.37. The molecule has 0 aromatic heterocycles. The fraction of sp³-hybridized carbons (Fsp3) is 0.278. The van der Waals surface area contributed by atoms with E-state index in [1.165, 1.54) is 16.4 Å². The Balaban J connectivity index is 2.36. The Kier molecular flexibility index (Phi) is 6.17. The van der Waals surface area contributed by atoms with Crippen LogP contribution in [0.4, 0.5) is 5.69 Å². The van der Waals surface area contributed by atoms with Gasteiger partial charge in [0.05, 0.1) is 10.6 Å². The van der Waals surface area contributed by atoms with Crippen LogP contribution in [0.2, 0.25) is 0 Å². The fourth-order valence-electron chi connectivity index (χ4n) is 2.38. The number of hydrogen-bond donors (Lipinski definition) is 2. The monoisotopic (exact) mass is 361 g/mol. The first-order valence-corrected chi connectivity index (χ1v) is 9.53. The summed E-state index contributed by atoms with van der Waals surface area (Å²) in [6.45, 7) is 4.14. The van der Waals surface area contributed by atoms with Crippen molar-refractivity contribution >= 4 is 21.6 Å². The number of nitrogens with zero attached hydrogens (tertiary/aromatic N) is 1. The fourth-order valence-corrected chi connectivity index (χ4v) is 3.90. The standard InChI is InChI=1S/C18H23N3O3S/c1-3-21(16-9-5-4-6-10-16)25(23,24)17-11-7-8-15(12-17)18(22)20-14(2)13-19/h4-12,14H,3,13,19H2,1-2H3,(H,20,22)/t14-/m0/s1. The lowest BCUT2D eigenvalue weighted by Gasteiger charge is -2.23. The molecule has 0 saturated carbocycles. The maximum absolute atomic E-state index is 13.0. The molecule has 0 bridgehead atoms. The Labute approximate surface area is 148 Å². The van der Waals surface area contributed by atoms with E-state index >= 15 is 0 Å². The van der Waals surface area contributed by atoms with Gasteiger partial charge in [-0.05, 0) is 44.2 Å². The second-order valence-electron chi connectivity index (χ2n) is 5.64. The second-order valence-corrected chi connectivity index (χ2v) is 7.51. The van der Waals surface area contributed by atoms with Crippen LogP contribution >= 0.6 is 0 Å². The maximum atomic E-state index is 13.0. The highest BCUT2D eigenvalue weighted by Crippen LogP contribution is 2.23. The number of nitrogens with two attached hydrogens (primary N) is 1. The van der Waals surface area contributed by atoms with E-state index in [1.54, 1.807) is 50.2 Å². The molecule has 2 aromatic carbocycles. The molecule has 7 heteroatoms. The minimum absolute atomic E-state index is 0.0752. The molecule has 1 atom stereocenters. The van der Waals surface area contributed by atoms with E-state index in [9.17, 15) is 13.2 Å². The number of carbonyl (C=O) groups excluding carboxylic acids is 1. The van der Waals surface area contributed by atoms with E-state index in [1.807, 2.05) is 6.07 Å². The van der Waals surface area contributed by atoms with Gasteiger partial charge in [0.1, 0.15) is 0 Å². The zero-order valence-electron chi connectivity index (χ0n) is 14.3. The summed E-state index contributed by atoms with van der Waals surface area (Å²) in [7, 11) is -3.77. The van der Waals surface area contributed by atoms with E-state index in [4.69, 9.17) is 5.73 Å². The van der Waals surface area contributed by atoms with Crippen molar-refractivity contribution in [2.45, 2.75) is 24.8 Å². The van der Waals surface area contributed by atoms with Crippen molar-refractivity contribution in [1.29, 1.82) is 0 Å². The van der Waals surface area contributed by atoms with Crippen molar-refractivity contribution < 1.29 is 13.2 Å². The van der Waals surface area contributed by atoms with Gasteiger partial charge in [0.15, 0.2) is 0 Å². The molecule has 0 aliphatic heterocycles. The lowest BCUT2D eigenvalue weighted by molar-refractivity contribution is 0.0941. The highest BCUT2D eigenvalue weighted by molar-refractivity contribution is 7.92. The molecule has 134 valence electrons. The molecule has 2 rings (SSSR count). The number of benzene rings is 2. The zero-order valence-corrected chi connectivity index (χ0v) is 15.2. The van der Waals surface area contributed by atoms with Crippen molar-refractivity contribution in [3.8, 4) is 0 Å². The van der Waals surface area contributed by atoms with Crippen LogP contribution in [0, 0.1) is 0 Å². The largest absolute Gasteiger partial charge is 0.348 e. The predicted molar refractivity (Wildman–Crippen MR) is 99.1 cm³/mol. The molecule has 0 fully saturated rings. The van der Waals surface area contributed by atoms with Gasteiger partial charge in [-0.25, -0.2) is 8.42 Å². The average molecular weight is 361 g/mol. The third-order valence-corrected chi connectivity index (χ3v) is 5.65. The third-order valence-electron chi connectivity index (χ3n) is 3.75. The molecule has 3 N–H and O–H groups in total. The maximum Gasteiger partial charge on any atom is 0.264 e. The molecule has 0 saturated heterocycles. The Morgan fingerprint density at radius 2 is 1.84 bits per heavy atom. The first-order chi connectivity index (χ1) is 11.9. The van der Waals surface area contributed by atoms with Crippen molar-refractivity contribution in [3.63, 3.8) is 0 Å². The third kappa shape index (κ3) is 4.37. The number of carbonyl (C=O) groups is 1. The van der Waals surface area contributed by atoms with Crippen LogP contribution in [-0.2, 0) is 10.0 Å². The molecule has 0 spiro atoms. The Morgan fingerprint density at radius 1 is 1.16 bits per heavy atom. The van der Waals surface area contributed by atoms with Gasteiger partial charge in [0.25, 0.3) is 15.9 Å². The summed E-state index contributed by atoms with van der Waals surface area (Å²) in [5.74, 6) is -0.349. The van der Waals surface area contributed by atoms with Gasteiger partial charge in [0.2, 0.25) is 0 Å². The minimum Gasteiger partial charge on any atom is -0.348 e. The summed E-state index contributed by atoms with van der Waals surface area (Å²) in [6, 6.07) is 14.7. The Morgan fingerprint density at radius 3 is 2.44 bits per heavy atom. The topological polar surface area (TPSA) is 92.5 Å². The first-order valence-electron chi connectivity index (χ1n) is 8.09. The molecular weight excluding hydrogens is 338 g/mol. The van der Waals surface area contributed by atoms with Gasteiger partial charge in [-0.2, -0.15) is 0 Å². The van der Waals surface area contributed by atoms with Crippen LogP contribution in [0.15, 0.2) is 59.5 Å². The van der Waals surface area contributed by atoms with Gasteiger partial charge >= 0.3 is 0 Å². The molecule has 0 radical (unpaired) electrons. The lowest BCUT2D eigenvalue weighted by atomic mass is 10.2. The zero-order chi connectivity index (χ0) is 18.4. The van der Waals surface area contributed by atoms with Crippen LogP contribution in [0.3, 0.4) is 0 Å². The van der Waals surface area contributed by atoms with Crippen LogP contribution < -0.4 is 15.4 Å². The highest BCUT2D eigenvalue weighted by Gasteiger charge is 2.24. The predicted octanol–water partition coefficient (Wildman–Crippen LogP) is 1.98. The van der Waals surface area contributed by atoms with Gasteiger partial charge < -0.3 is 11.1 Å². The van der Waals surface area contributed by atoms with Gasteiger partial charge in [-0.1, -0.05) is 24.3 Å². The van der Waals surface area contributed by atoms with E-state index in [0.717, 1.165) is 0 Å². The normalized spacial score (nSPS) is 12.4. The van der Waals surface area contributed by atoms with E-state index in [0.29, 0.717) is 12.2 Å². The number of nitrogens with one attached hydrogen (secondary N) is 1. The van der Waals surface area contributed by atoms with E-state index in [-0.39, 0.29) is 29.0 Å². The Bertz CT molecular complexity index is 822. The van der Waals surface area contributed by atoms with Crippen molar-refractivity contribution in [2.75, 3.05) is 17.4 Å². The molecule has 0 aliphatic rings. The number of hydrogen-bond acceptors (Lipinski definition) is 4. The lowest BCUT2D eigenvalue weighted by Crippen LogP contribution is -2.38. The number of anilines is 1. The highest BCUT2D eigenvalue weighted by atomic mass is 32.2. The summed E-state index contributed by atoms with van der Waals surface area (Å²) >= 11 is 0. The number of sulfonamides is 1. The van der Waals surface area contributed by atoms with E-state index < -0.39 is 10.0 Å². The van der Waals surface area contributed by atoms with Crippen molar-refractivity contribution in [1.82, 2.24) is 5.32 Å². The summed E-state index contributed by atoms with van der Waals surface area (Å²) in [6.07, 6.45) is 0.